The normalized spacial score (nSPS) is 12.5. The van der Waals surface area contributed by atoms with Crippen LogP contribution in [0.2, 0.25) is 5.15 Å². The molecular weight excluding hydrogens is 308 g/mol. The highest BCUT2D eigenvalue weighted by atomic mass is 35.5. The number of fused-ring (bicyclic) bond motifs is 1. The minimum Gasteiger partial charge on any atom is -0.343 e. The van der Waals surface area contributed by atoms with Crippen LogP contribution in [0.4, 0.5) is 0 Å². The van der Waals surface area contributed by atoms with Crippen molar-refractivity contribution in [2.75, 3.05) is 0 Å². The number of hydrogen-bond acceptors (Lipinski definition) is 4. The zero-order valence-electron chi connectivity index (χ0n) is 11.3. The monoisotopic (exact) mass is 320 g/mol. The largest absolute Gasteiger partial charge is 0.343 e. The van der Waals surface area contributed by atoms with Crippen LogP contribution < -0.4 is 5.32 Å². The van der Waals surface area contributed by atoms with E-state index in [1.807, 2.05) is 24.4 Å². The second-order valence-electron chi connectivity index (χ2n) is 4.53. The van der Waals surface area contributed by atoms with Gasteiger partial charge >= 0.3 is 0 Å². The van der Waals surface area contributed by atoms with Gasteiger partial charge in [0.25, 0.3) is 5.91 Å². The van der Waals surface area contributed by atoms with Crippen molar-refractivity contribution in [2.45, 2.75) is 19.4 Å². The lowest BCUT2D eigenvalue weighted by Gasteiger charge is -2.14. The summed E-state index contributed by atoms with van der Waals surface area (Å²) in [7, 11) is 0. The molecule has 0 radical (unpaired) electrons. The first-order chi connectivity index (χ1) is 10.2. The summed E-state index contributed by atoms with van der Waals surface area (Å²) in [6, 6.07) is 7.36. The second-order valence-corrected chi connectivity index (χ2v) is 5.90. The Labute approximate surface area is 130 Å². The van der Waals surface area contributed by atoms with Crippen LogP contribution in [-0.4, -0.2) is 20.5 Å². The lowest BCUT2D eigenvalue weighted by molar-refractivity contribution is 0.0932. The molecule has 3 rings (SSSR count). The van der Waals surface area contributed by atoms with Gasteiger partial charge in [0.15, 0.2) is 5.65 Å². The smallest absolute Gasteiger partial charge is 0.272 e. The van der Waals surface area contributed by atoms with Gasteiger partial charge in [0.1, 0.15) is 10.8 Å². The Morgan fingerprint density at radius 1 is 1.48 bits per heavy atom. The minimum atomic E-state index is -0.211. The minimum absolute atomic E-state index is 0.00106. The van der Waals surface area contributed by atoms with Crippen LogP contribution in [-0.2, 0) is 0 Å². The first-order valence-corrected chi connectivity index (χ1v) is 7.79. The molecule has 0 saturated heterocycles. The summed E-state index contributed by atoms with van der Waals surface area (Å²) >= 11 is 7.45. The van der Waals surface area contributed by atoms with E-state index in [1.165, 1.54) is 4.52 Å². The Morgan fingerprint density at radius 3 is 3.05 bits per heavy atom. The van der Waals surface area contributed by atoms with E-state index in [0.717, 1.165) is 11.3 Å². The molecule has 3 aromatic rings. The molecule has 1 atom stereocenters. The highest BCUT2D eigenvalue weighted by Crippen LogP contribution is 2.22. The number of thiophene rings is 1. The van der Waals surface area contributed by atoms with E-state index in [9.17, 15) is 4.79 Å². The predicted molar refractivity (Wildman–Crippen MR) is 82.8 cm³/mol. The third-order valence-electron chi connectivity index (χ3n) is 3.12. The third-order valence-corrected chi connectivity index (χ3v) is 4.31. The van der Waals surface area contributed by atoms with Crippen molar-refractivity contribution < 1.29 is 4.79 Å². The molecule has 3 heterocycles. The third kappa shape index (κ3) is 2.91. The highest BCUT2D eigenvalue weighted by molar-refractivity contribution is 7.10. The van der Waals surface area contributed by atoms with Gasteiger partial charge in [0, 0.05) is 4.88 Å². The van der Waals surface area contributed by atoms with Crippen LogP contribution in [0.25, 0.3) is 5.65 Å². The van der Waals surface area contributed by atoms with Gasteiger partial charge in [-0.25, -0.2) is 9.50 Å². The second kappa shape index (κ2) is 5.83. The van der Waals surface area contributed by atoms with E-state index in [-0.39, 0.29) is 11.9 Å². The van der Waals surface area contributed by atoms with Crippen molar-refractivity contribution in [3.8, 4) is 0 Å². The molecule has 7 heteroatoms. The summed E-state index contributed by atoms with van der Waals surface area (Å²) in [6.45, 7) is 2.04. The molecule has 0 bridgehead atoms. The van der Waals surface area contributed by atoms with Crippen molar-refractivity contribution in [1.82, 2.24) is 19.9 Å². The van der Waals surface area contributed by atoms with Crippen LogP contribution in [0.1, 0.15) is 34.8 Å². The van der Waals surface area contributed by atoms with Crippen molar-refractivity contribution in [3.63, 3.8) is 0 Å². The number of carbonyl (C=O) groups excluding carboxylic acids is 1. The van der Waals surface area contributed by atoms with Crippen molar-refractivity contribution in [3.05, 3.63) is 51.6 Å². The summed E-state index contributed by atoms with van der Waals surface area (Å²) in [6.07, 6.45) is 2.40. The quantitative estimate of drug-likeness (QED) is 0.802. The molecule has 108 valence electrons. The zero-order valence-corrected chi connectivity index (χ0v) is 12.9. The summed E-state index contributed by atoms with van der Waals surface area (Å²) in [4.78, 5) is 17.7. The van der Waals surface area contributed by atoms with E-state index in [1.54, 1.807) is 29.7 Å². The molecular formula is C14H13ClN4OS. The molecule has 1 unspecified atom stereocenters. The molecule has 0 aliphatic carbocycles. The fraction of sp³-hybridized carbons (Fsp3) is 0.214. The van der Waals surface area contributed by atoms with E-state index < -0.39 is 0 Å². The molecule has 0 fully saturated rings. The molecule has 1 amide bonds. The highest BCUT2D eigenvalue weighted by Gasteiger charge is 2.17. The summed E-state index contributed by atoms with van der Waals surface area (Å²) in [5.74, 6) is -0.211. The van der Waals surface area contributed by atoms with E-state index >= 15 is 0 Å². The average molecular weight is 321 g/mol. The zero-order chi connectivity index (χ0) is 14.8. The SMILES string of the molecule is CCC(NC(=O)c1cn2nc(Cl)ccc2n1)c1cccs1. The van der Waals surface area contributed by atoms with Crippen LogP contribution in [0.15, 0.2) is 35.8 Å². The molecule has 0 aliphatic heterocycles. The number of hydrogen-bond donors (Lipinski definition) is 1. The average Bonchev–Trinajstić information content (AvgIpc) is 3.12. The molecule has 0 saturated carbocycles. The molecule has 3 aromatic heterocycles. The lowest BCUT2D eigenvalue weighted by Crippen LogP contribution is -2.27. The van der Waals surface area contributed by atoms with Crippen LogP contribution in [0.5, 0.6) is 0 Å². The summed E-state index contributed by atoms with van der Waals surface area (Å²) in [5.41, 5.74) is 0.925. The van der Waals surface area contributed by atoms with Gasteiger partial charge in [0.05, 0.1) is 12.2 Å². The summed E-state index contributed by atoms with van der Waals surface area (Å²) < 4.78 is 1.50. The van der Waals surface area contributed by atoms with Crippen molar-refractivity contribution in [2.24, 2.45) is 0 Å². The maximum atomic E-state index is 12.3. The van der Waals surface area contributed by atoms with Gasteiger partial charge in [-0.3, -0.25) is 4.79 Å². The van der Waals surface area contributed by atoms with E-state index in [2.05, 4.69) is 15.4 Å². The fourth-order valence-electron chi connectivity index (χ4n) is 2.06. The van der Waals surface area contributed by atoms with Gasteiger partial charge in [-0.2, -0.15) is 5.10 Å². The van der Waals surface area contributed by atoms with Gasteiger partial charge in [-0.15, -0.1) is 11.3 Å². The topological polar surface area (TPSA) is 59.3 Å². The number of rotatable bonds is 4. The number of carbonyl (C=O) groups is 1. The Balaban J connectivity index is 1.83. The number of halogens is 1. The molecule has 21 heavy (non-hydrogen) atoms. The number of aromatic nitrogens is 3. The Bertz CT molecular complexity index is 768. The van der Waals surface area contributed by atoms with Crippen LogP contribution in [0, 0.1) is 0 Å². The van der Waals surface area contributed by atoms with Gasteiger partial charge < -0.3 is 5.32 Å². The van der Waals surface area contributed by atoms with Gasteiger partial charge in [-0.1, -0.05) is 24.6 Å². The van der Waals surface area contributed by atoms with Gasteiger partial charge in [-0.05, 0) is 30.0 Å². The molecule has 5 nitrogen and oxygen atoms in total. The Kier molecular flexibility index (Phi) is 3.90. The van der Waals surface area contributed by atoms with Crippen LogP contribution in [0.3, 0.4) is 0 Å². The van der Waals surface area contributed by atoms with Crippen molar-refractivity contribution in [1.29, 1.82) is 0 Å². The Morgan fingerprint density at radius 2 is 2.33 bits per heavy atom. The summed E-state index contributed by atoms with van der Waals surface area (Å²) in [5, 5.41) is 9.42. The predicted octanol–water partition coefficient (Wildman–Crippen LogP) is 3.33. The molecule has 0 aliphatic rings. The standard InChI is InChI=1S/C14H13ClN4OS/c1-2-9(11-4-3-7-21-11)17-14(20)10-8-19-13(16-10)6-5-12(15)18-19/h3-9H,2H2,1H3,(H,17,20). The van der Waals surface area contributed by atoms with E-state index in [0.29, 0.717) is 16.5 Å². The molecule has 0 aromatic carbocycles. The fourth-order valence-corrected chi connectivity index (χ4v) is 3.07. The Hall–Kier alpha value is -1.92. The van der Waals surface area contributed by atoms with Crippen LogP contribution >= 0.6 is 22.9 Å². The van der Waals surface area contributed by atoms with Crippen molar-refractivity contribution >= 4 is 34.5 Å². The number of imidazole rings is 1. The van der Waals surface area contributed by atoms with E-state index in [4.69, 9.17) is 11.6 Å². The first-order valence-electron chi connectivity index (χ1n) is 6.53. The molecule has 0 spiro atoms. The molecule has 1 N–H and O–H groups in total. The number of amides is 1. The lowest BCUT2D eigenvalue weighted by atomic mass is 10.2. The number of nitrogens with zero attached hydrogens (tertiary/aromatic N) is 3. The number of nitrogens with one attached hydrogen (secondary N) is 1. The van der Waals surface area contributed by atoms with Gasteiger partial charge in [0.2, 0.25) is 0 Å². The first kappa shape index (κ1) is 14.0. The maximum absolute atomic E-state index is 12.3. The maximum Gasteiger partial charge on any atom is 0.272 e.